The van der Waals surface area contributed by atoms with Crippen LogP contribution < -0.4 is 5.32 Å². The maximum absolute atomic E-state index is 5.39. The van der Waals surface area contributed by atoms with Gasteiger partial charge in [0.1, 0.15) is 0 Å². The highest BCUT2D eigenvalue weighted by Crippen LogP contribution is 2.09. The van der Waals surface area contributed by atoms with Crippen LogP contribution in [0.15, 0.2) is 18.2 Å². The zero-order valence-corrected chi connectivity index (χ0v) is 9.80. The minimum absolute atomic E-state index is 0.187. The Bertz CT molecular complexity index is 360. The van der Waals surface area contributed by atoms with E-state index in [1.165, 1.54) is 16.7 Å². The molecule has 1 atom stereocenters. The molecule has 1 aromatic carbocycles. The summed E-state index contributed by atoms with van der Waals surface area (Å²) >= 11 is 0. The van der Waals surface area contributed by atoms with E-state index in [4.69, 9.17) is 6.42 Å². The number of aryl methyl sites for hydroxylation is 2. The minimum atomic E-state index is 0.187. The molecule has 0 saturated heterocycles. The van der Waals surface area contributed by atoms with Gasteiger partial charge in [0.05, 0.1) is 6.04 Å². The van der Waals surface area contributed by atoms with Gasteiger partial charge in [-0.2, -0.15) is 0 Å². The van der Waals surface area contributed by atoms with E-state index in [0.717, 1.165) is 13.0 Å². The first-order valence-electron chi connectivity index (χ1n) is 5.43. The first kappa shape index (κ1) is 11.8. The molecule has 0 aromatic heterocycles. The van der Waals surface area contributed by atoms with Gasteiger partial charge in [0.15, 0.2) is 0 Å². The highest BCUT2D eigenvalue weighted by Gasteiger charge is 2.01. The normalized spacial score (nSPS) is 12.1. The molecule has 1 rings (SSSR count). The summed E-state index contributed by atoms with van der Waals surface area (Å²) in [5.41, 5.74) is 3.97. The van der Waals surface area contributed by atoms with E-state index in [2.05, 4.69) is 50.2 Å². The Morgan fingerprint density at radius 2 is 2.07 bits per heavy atom. The van der Waals surface area contributed by atoms with Crippen molar-refractivity contribution in [2.45, 2.75) is 39.8 Å². The molecule has 80 valence electrons. The highest BCUT2D eigenvalue weighted by atomic mass is 14.9. The summed E-state index contributed by atoms with van der Waals surface area (Å²) in [6.07, 6.45) is 6.36. The fraction of sp³-hybridized carbons (Fsp3) is 0.429. The van der Waals surface area contributed by atoms with Gasteiger partial charge in [-0.3, -0.25) is 5.32 Å². The van der Waals surface area contributed by atoms with Crippen LogP contribution in [0.3, 0.4) is 0 Å². The van der Waals surface area contributed by atoms with Gasteiger partial charge in [0.2, 0.25) is 0 Å². The topological polar surface area (TPSA) is 12.0 Å². The van der Waals surface area contributed by atoms with E-state index in [-0.39, 0.29) is 6.04 Å². The summed E-state index contributed by atoms with van der Waals surface area (Å²) in [6.45, 7) is 7.21. The summed E-state index contributed by atoms with van der Waals surface area (Å²) in [7, 11) is 0. The lowest BCUT2D eigenvalue weighted by Crippen LogP contribution is -2.26. The predicted octanol–water partition coefficient (Wildman–Crippen LogP) is 2.80. The van der Waals surface area contributed by atoms with Gasteiger partial charge in [-0.15, -0.1) is 6.42 Å². The number of hydrogen-bond acceptors (Lipinski definition) is 1. The highest BCUT2D eigenvalue weighted by molar-refractivity contribution is 5.29. The van der Waals surface area contributed by atoms with Crippen molar-refractivity contribution in [2.24, 2.45) is 0 Å². The summed E-state index contributed by atoms with van der Waals surface area (Å²) in [5, 5.41) is 3.35. The van der Waals surface area contributed by atoms with Crippen LogP contribution in [0.5, 0.6) is 0 Å². The molecule has 0 radical (unpaired) electrons. The molecule has 0 spiro atoms. The molecule has 0 aliphatic carbocycles. The zero-order chi connectivity index (χ0) is 11.3. The molecule has 1 unspecified atom stereocenters. The van der Waals surface area contributed by atoms with E-state index in [1.807, 2.05) is 0 Å². The Morgan fingerprint density at radius 3 is 2.60 bits per heavy atom. The van der Waals surface area contributed by atoms with Crippen LogP contribution in [0.1, 0.15) is 30.0 Å². The van der Waals surface area contributed by atoms with Crippen molar-refractivity contribution < 1.29 is 0 Å². The monoisotopic (exact) mass is 201 g/mol. The fourth-order valence-corrected chi connectivity index (χ4v) is 1.48. The maximum Gasteiger partial charge on any atom is 0.0686 e. The van der Waals surface area contributed by atoms with Crippen molar-refractivity contribution in [2.75, 3.05) is 0 Å². The molecule has 1 N–H and O–H groups in total. The quantitative estimate of drug-likeness (QED) is 0.739. The molecule has 0 amide bonds. The van der Waals surface area contributed by atoms with Gasteiger partial charge in [-0.05, 0) is 37.0 Å². The standard InChI is InChI=1S/C14H19N/c1-5-14(6-2)15-10-13-8-7-11(3)12(4)9-13/h1,7-9,14-15H,6,10H2,2-4H3. The van der Waals surface area contributed by atoms with E-state index in [1.54, 1.807) is 0 Å². The van der Waals surface area contributed by atoms with Crippen molar-refractivity contribution in [1.82, 2.24) is 5.32 Å². The van der Waals surface area contributed by atoms with E-state index in [0.29, 0.717) is 0 Å². The molecule has 0 bridgehead atoms. The van der Waals surface area contributed by atoms with E-state index in [9.17, 15) is 0 Å². The van der Waals surface area contributed by atoms with Crippen LogP contribution >= 0.6 is 0 Å². The summed E-state index contributed by atoms with van der Waals surface area (Å²) < 4.78 is 0. The third-order valence-electron chi connectivity index (χ3n) is 2.73. The molecule has 1 heteroatoms. The first-order valence-corrected chi connectivity index (χ1v) is 5.43. The van der Waals surface area contributed by atoms with Gasteiger partial charge in [-0.25, -0.2) is 0 Å². The number of rotatable bonds is 4. The van der Waals surface area contributed by atoms with E-state index < -0.39 is 0 Å². The van der Waals surface area contributed by atoms with Gasteiger partial charge < -0.3 is 0 Å². The van der Waals surface area contributed by atoms with Gasteiger partial charge in [0.25, 0.3) is 0 Å². The molecule has 1 aromatic rings. The van der Waals surface area contributed by atoms with Crippen molar-refractivity contribution in [3.05, 3.63) is 34.9 Å². The molecule has 1 nitrogen and oxygen atoms in total. The Morgan fingerprint density at radius 1 is 1.33 bits per heavy atom. The molecule has 0 heterocycles. The smallest absolute Gasteiger partial charge is 0.0686 e. The lowest BCUT2D eigenvalue weighted by atomic mass is 10.1. The third-order valence-corrected chi connectivity index (χ3v) is 2.73. The van der Waals surface area contributed by atoms with Crippen molar-refractivity contribution >= 4 is 0 Å². The Labute approximate surface area is 92.9 Å². The molecule has 0 saturated carbocycles. The average molecular weight is 201 g/mol. The van der Waals surface area contributed by atoms with Crippen LogP contribution in [0.25, 0.3) is 0 Å². The Kier molecular flexibility index (Phi) is 4.39. The Balaban J connectivity index is 2.59. The lowest BCUT2D eigenvalue weighted by molar-refractivity contribution is 0.592. The average Bonchev–Trinajstić information content (AvgIpc) is 2.24. The second kappa shape index (κ2) is 5.58. The van der Waals surface area contributed by atoms with Crippen LogP contribution in [0.2, 0.25) is 0 Å². The van der Waals surface area contributed by atoms with Crippen molar-refractivity contribution in [1.29, 1.82) is 0 Å². The van der Waals surface area contributed by atoms with Crippen molar-refractivity contribution in [3.63, 3.8) is 0 Å². The van der Waals surface area contributed by atoms with Crippen molar-refractivity contribution in [3.8, 4) is 12.3 Å². The van der Waals surface area contributed by atoms with Crippen LogP contribution in [-0.2, 0) is 6.54 Å². The summed E-state index contributed by atoms with van der Waals surface area (Å²) in [5.74, 6) is 2.74. The van der Waals surface area contributed by atoms with Crippen LogP contribution in [-0.4, -0.2) is 6.04 Å². The number of terminal acetylenes is 1. The van der Waals surface area contributed by atoms with E-state index >= 15 is 0 Å². The van der Waals surface area contributed by atoms with Crippen LogP contribution in [0.4, 0.5) is 0 Å². The second-order valence-corrected chi connectivity index (χ2v) is 3.93. The molecule has 0 aliphatic rings. The predicted molar refractivity (Wildman–Crippen MR) is 65.7 cm³/mol. The SMILES string of the molecule is C#CC(CC)NCc1ccc(C)c(C)c1. The summed E-state index contributed by atoms with van der Waals surface area (Å²) in [6, 6.07) is 6.71. The zero-order valence-electron chi connectivity index (χ0n) is 9.80. The molecule has 15 heavy (non-hydrogen) atoms. The number of benzene rings is 1. The Hall–Kier alpha value is -1.26. The molecule has 0 aliphatic heterocycles. The molecule has 0 fully saturated rings. The summed E-state index contributed by atoms with van der Waals surface area (Å²) in [4.78, 5) is 0. The van der Waals surface area contributed by atoms with Gasteiger partial charge in [0, 0.05) is 6.54 Å². The first-order chi connectivity index (χ1) is 7.17. The fourth-order valence-electron chi connectivity index (χ4n) is 1.48. The minimum Gasteiger partial charge on any atom is -0.300 e. The largest absolute Gasteiger partial charge is 0.300 e. The second-order valence-electron chi connectivity index (χ2n) is 3.93. The number of nitrogens with one attached hydrogen (secondary N) is 1. The van der Waals surface area contributed by atoms with Crippen LogP contribution in [0, 0.1) is 26.2 Å². The lowest BCUT2D eigenvalue weighted by Gasteiger charge is -2.11. The maximum atomic E-state index is 5.39. The van der Waals surface area contributed by atoms with Gasteiger partial charge >= 0.3 is 0 Å². The molecular formula is C14H19N. The van der Waals surface area contributed by atoms with Gasteiger partial charge in [-0.1, -0.05) is 31.0 Å². The molecular weight excluding hydrogens is 182 g/mol. The number of hydrogen-bond donors (Lipinski definition) is 1. The third kappa shape index (κ3) is 3.42.